The fourth-order valence-electron chi connectivity index (χ4n) is 2.06. The Morgan fingerprint density at radius 1 is 1.29 bits per heavy atom. The molecular formula is C15H22N4S2. The average molecular weight is 323 g/mol. The van der Waals surface area contributed by atoms with E-state index in [-0.39, 0.29) is 6.04 Å². The number of hydrogen-bond donors (Lipinski definition) is 2. The first-order valence-electron chi connectivity index (χ1n) is 7.11. The molecule has 4 nitrogen and oxygen atoms in total. The molecule has 0 fully saturated rings. The van der Waals surface area contributed by atoms with Crippen LogP contribution in [0.25, 0.3) is 0 Å². The summed E-state index contributed by atoms with van der Waals surface area (Å²) < 4.78 is 0. The highest BCUT2D eigenvalue weighted by Gasteiger charge is 2.18. The van der Waals surface area contributed by atoms with Crippen LogP contribution < -0.4 is 10.6 Å². The van der Waals surface area contributed by atoms with Crippen LogP contribution in [0.5, 0.6) is 0 Å². The van der Waals surface area contributed by atoms with Crippen molar-refractivity contribution in [2.45, 2.75) is 32.0 Å². The molecule has 2 aromatic rings. The molecule has 2 N–H and O–H groups in total. The van der Waals surface area contributed by atoms with Gasteiger partial charge < -0.3 is 10.6 Å². The quantitative estimate of drug-likeness (QED) is 0.580. The molecule has 2 heterocycles. The largest absolute Gasteiger partial charge is 0.370 e. The van der Waals surface area contributed by atoms with Crippen LogP contribution in [-0.4, -0.2) is 22.8 Å². The van der Waals surface area contributed by atoms with E-state index < -0.39 is 0 Å². The first-order valence-corrected chi connectivity index (χ1v) is 9.21. The van der Waals surface area contributed by atoms with Crippen molar-refractivity contribution in [2.24, 2.45) is 5.92 Å². The van der Waals surface area contributed by atoms with Crippen LogP contribution in [0.15, 0.2) is 28.7 Å². The Bertz CT molecular complexity index is 555. The lowest BCUT2D eigenvalue weighted by atomic mass is 10.0. The summed E-state index contributed by atoms with van der Waals surface area (Å²) in [4.78, 5) is 10.4. The summed E-state index contributed by atoms with van der Waals surface area (Å²) in [5.74, 6) is 2.23. The number of nitrogens with one attached hydrogen (secondary N) is 2. The van der Waals surface area contributed by atoms with E-state index >= 15 is 0 Å². The fraction of sp³-hybridized carbons (Fsp3) is 0.467. The highest BCUT2D eigenvalue weighted by molar-refractivity contribution is 7.98. The summed E-state index contributed by atoms with van der Waals surface area (Å²) in [5, 5.41) is 9.72. The van der Waals surface area contributed by atoms with Crippen LogP contribution in [-0.2, 0) is 0 Å². The molecule has 2 aromatic heterocycles. The summed E-state index contributed by atoms with van der Waals surface area (Å²) in [5.41, 5.74) is 0. The monoisotopic (exact) mass is 322 g/mol. The van der Waals surface area contributed by atoms with Gasteiger partial charge in [-0.05, 0) is 30.5 Å². The number of thioether (sulfide) groups is 1. The molecule has 2 rings (SSSR count). The van der Waals surface area contributed by atoms with E-state index in [1.807, 2.05) is 12.3 Å². The van der Waals surface area contributed by atoms with Gasteiger partial charge in [-0.2, -0.15) is 0 Å². The van der Waals surface area contributed by atoms with Crippen LogP contribution in [0.4, 0.5) is 11.6 Å². The third-order valence-electron chi connectivity index (χ3n) is 3.07. The molecule has 0 radical (unpaired) electrons. The van der Waals surface area contributed by atoms with Gasteiger partial charge in [-0.3, -0.25) is 0 Å². The Morgan fingerprint density at radius 2 is 2.05 bits per heavy atom. The zero-order chi connectivity index (χ0) is 15.2. The van der Waals surface area contributed by atoms with Gasteiger partial charge in [0.1, 0.15) is 11.6 Å². The number of aromatic nitrogens is 2. The third-order valence-corrected chi connectivity index (χ3v) is 4.57. The van der Waals surface area contributed by atoms with Gasteiger partial charge in [0.2, 0.25) is 0 Å². The van der Waals surface area contributed by atoms with Crippen molar-refractivity contribution in [1.29, 1.82) is 0 Å². The Morgan fingerprint density at radius 3 is 2.62 bits per heavy atom. The molecule has 0 aliphatic carbocycles. The van der Waals surface area contributed by atoms with Gasteiger partial charge in [0, 0.05) is 17.5 Å². The normalized spacial score (nSPS) is 12.4. The number of thiophene rings is 1. The van der Waals surface area contributed by atoms with E-state index in [4.69, 9.17) is 0 Å². The van der Waals surface area contributed by atoms with Crippen molar-refractivity contribution in [2.75, 3.05) is 23.4 Å². The minimum atomic E-state index is 0.268. The van der Waals surface area contributed by atoms with Crippen molar-refractivity contribution in [3.63, 3.8) is 0 Å². The molecular weight excluding hydrogens is 300 g/mol. The fourth-order valence-corrected chi connectivity index (χ4v) is 3.38. The number of rotatable bonds is 7. The number of nitrogens with zero attached hydrogens (tertiary/aromatic N) is 2. The van der Waals surface area contributed by atoms with E-state index in [1.54, 1.807) is 23.1 Å². The summed E-state index contributed by atoms with van der Waals surface area (Å²) in [7, 11) is 0. The third kappa shape index (κ3) is 4.35. The van der Waals surface area contributed by atoms with Gasteiger partial charge in [-0.1, -0.05) is 31.7 Å². The van der Waals surface area contributed by atoms with Gasteiger partial charge in [-0.25, -0.2) is 9.97 Å². The van der Waals surface area contributed by atoms with Crippen LogP contribution in [0.1, 0.15) is 31.7 Å². The molecule has 0 aliphatic heterocycles. The Hall–Kier alpha value is -1.27. The maximum absolute atomic E-state index is 4.57. The molecule has 1 unspecified atom stereocenters. The van der Waals surface area contributed by atoms with Crippen LogP contribution >= 0.6 is 23.1 Å². The second-order valence-electron chi connectivity index (χ2n) is 5.04. The summed E-state index contributed by atoms with van der Waals surface area (Å²) in [6.07, 6.45) is 1.99. The van der Waals surface area contributed by atoms with Crippen molar-refractivity contribution >= 4 is 34.7 Å². The maximum atomic E-state index is 4.57. The van der Waals surface area contributed by atoms with E-state index in [2.05, 4.69) is 58.9 Å². The Kier molecular flexibility index (Phi) is 5.87. The smallest absolute Gasteiger partial charge is 0.191 e. The molecule has 0 saturated heterocycles. The Balaban J connectivity index is 2.25. The molecule has 0 saturated carbocycles. The molecule has 0 bridgehead atoms. The van der Waals surface area contributed by atoms with E-state index in [0.29, 0.717) is 5.92 Å². The molecule has 114 valence electrons. The van der Waals surface area contributed by atoms with E-state index in [0.717, 1.165) is 23.3 Å². The Labute approximate surface area is 134 Å². The van der Waals surface area contributed by atoms with Crippen molar-refractivity contribution in [3.8, 4) is 0 Å². The zero-order valence-electron chi connectivity index (χ0n) is 12.9. The highest BCUT2D eigenvalue weighted by Crippen LogP contribution is 2.30. The molecule has 0 aromatic carbocycles. The van der Waals surface area contributed by atoms with E-state index in [1.165, 1.54) is 4.88 Å². The summed E-state index contributed by atoms with van der Waals surface area (Å²) >= 11 is 3.33. The molecule has 0 amide bonds. The lowest BCUT2D eigenvalue weighted by Crippen LogP contribution is -2.17. The van der Waals surface area contributed by atoms with Gasteiger partial charge in [0.15, 0.2) is 5.16 Å². The summed E-state index contributed by atoms with van der Waals surface area (Å²) in [6.45, 7) is 7.36. The van der Waals surface area contributed by atoms with Crippen LogP contribution in [0.2, 0.25) is 0 Å². The zero-order valence-corrected chi connectivity index (χ0v) is 14.5. The molecule has 1 atom stereocenters. The van der Waals surface area contributed by atoms with Gasteiger partial charge in [-0.15, -0.1) is 11.3 Å². The first kappa shape index (κ1) is 16.1. The summed E-state index contributed by atoms with van der Waals surface area (Å²) in [6, 6.07) is 6.51. The lowest BCUT2D eigenvalue weighted by Gasteiger charge is -2.22. The van der Waals surface area contributed by atoms with Crippen LogP contribution in [0, 0.1) is 5.92 Å². The second kappa shape index (κ2) is 7.66. The minimum Gasteiger partial charge on any atom is -0.370 e. The first-order chi connectivity index (χ1) is 10.1. The maximum Gasteiger partial charge on any atom is 0.191 e. The van der Waals surface area contributed by atoms with Crippen molar-refractivity contribution in [3.05, 3.63) is 28.5 Å². The standard InChI is InChI=1S/C15H22N4S2/c1-5-16-12-9-13(19-15(18-12)20-4)17-14(10(2)3)11-7-6-8-21-11/h6-10,14H,5H2,1-4H3,(H2,16,17,18,19). The van der Waals surface area contributed by atoms with Crippen LogP contribution in [0.3, 0.4) is 0 Å². The van der Waals surface area contributed by atoms with Gasteiger partial charge in [0.25, 0.3) is 0 Å². The van der Waals surface area contributed by atoms with Crippen molar-refractivity contribution in [1.82, 2.24) is 9.97 Å². The van der Waals surface area contributed by atoms with Crippen molar-refractivity contribution < 1.29 is 0 Å². The molecule has 6 heteroatoms. The van der Waals surface area contributed by atoms with Gasteiger partial charge >= 0.3 is 0 Å². The van der Waals surface area contributed by atoms with Gasteiger partial charge in [0.05, 0.1) is 6.04 Å². The minimum absolute atomic E-state index is 0.268. The topological polar surface area (TPSA) is 49.8 Å². The molecule has 0 spiro atoms. The molecule has 0 aliphatic rings. The number of hydrogen-bond acceptors (Lipinski definition) is 6. The number of anilines is 2. The lowest BCUT2D eigenvalue weighted by molar-refractivity contribution is 0.551. The predicted molar refractivity (Wildman–Crippen MR) is 93.5 cm³/mol. The second-order valence-corrected chi connectivity index (χ2v) is 6.79. The van der Waals surface area contributed by atoms with E-state index in [9.17, 15) is 0 Å². The SMILES string of the molecule is CCNc1cc(NC(c2cccs2)C(C)C)nc(SC)n1. The average Bonchev–Trinajstić information content (AvgIpc) is 2.98. The highest BCUT2D eigenvalue weighted by atomic mass is 32.2. The predicted octanol–water partition coefficient (Wildman–Crippen LogP) is 4.50. The molecule has 21 heavy (non-hydrogen) atoms.